The first-order valence-electron chi connectivity index (χ1n) is 5.99. The Kier molecular flexibility index (Phi) is 3.83. The molecule has 1 aromatic heterocycles. The number of halogens is 3. The molecule has 3 nitrogen and oxygen atoms in total. The van der Waals surface area contributed by atoms with E-state index in [1.54, 1.807) is 25.1 Å². The van der Waals surface area contributed by atoms with Crippen LogP contribution in [0.1, 0.15) is 16.8 Å². The lowest BCUT2D eigenvalue weighted by Crippen LogP contribution is -2.07. The summed E-state index contributed by atoms with van der Waals surface area (Å²) in [6.45, 7) is 2.03. The van der Waals surface area contributed by atoms with E-state index in [9.17, 15) is 13.2 Å². The maximum absolute atomic E-state index is 12.6. The van der Waals surface area contributed by atoms with Crippen LogP contribution in [0, 0.1) is 6.92 Å². The zero-order valence-corrected chi connectivity index (χ0v) is 10.8. The third-order valence-corrected chi connectivity index (χ3v) is 2.85. The van der Waals surface area contributed by atoms with Crippen LogP contribution in [0.5, 0.6) is 0 Å². The van der Waals surface area contributed by atoms with Crippen molar-refractivity contribution in [1.29, 1.82) is 0 Å². The van der Waals surface area contributed by atoms with Gasteiger partial charge in [0.15, 0.2) is 0 Å². The van der Waals surface area contributed by atoms with Gasteiger partial charge in [0, 0.05) is 6.54 Å². The van der Waals surface area contributed by atoms with E-state index in [-0.39, 0.29) is 6.54 Å². The number of nitrogens with two attached hydrogens (primary N) is 1. The molecule has 0 aliphatic carbocycles. The Morgan fingerprint density at radius 2 is 1.95 bits per heavy atom. The van der Waals surface area contributed by atoms with Crippen LogP contribution >= 0.6 is 0 Å². The summed E-state index contributed by atoms with van der Waals surface area (Å²) < 4.78 is 37.7. The van der Waals surface area contributed by atoms with Crippen molar-refractivity contribution >= 4 is 11.5 Å². The maximum atomic E-state index is 12.6. The van der Waals surface area contributed by atoms with Crippen LogP contribution in [0.3, 0.4) is 0 Å². The molecular weight excluding hydrogens is 267 g/mol. The fraction of sp³-hybridized carbons (Fsp3) is 0.214. The lowest BCUT2D eigenvalue weighted by molar-refractivity contribution is -0.137. The quantitative estimate of drug-likeness (QED) is 0.903. The molecule has 0 saturated heterocycles. The first-order chi connectivity index (χ1) is 9.36. The van der Waals surface area contributed by atoms with Crippen molar-refractivity contribution in [2.24, 2.45) is 0 Å². The van der Waals surface area contributed by atoms with E-state index >= 15 is 0 Å². The van der Waals surface area contributed by atoms with Crippen LogP contribution in [0.15, 0.2) is 36.4 Å². The lowest BCUT2D eigenvalue weighted by Gasteiger charge is -2.10. The summed E-state index contributed by atoms with van der Waals surface area (Å²) in [6, 6.07) is 8.59. The van der Waals surface area contributed by atoms with Gasteiger partial charge in [0.1, 0.15) is 5.82 Å². The van der Waals surface area contributed by atoms with E-state index < -0.39 is 11.7 Å². The summed E-state index contributed by atoms with van der Waals surface area (Å²) in [5.74, 6) is 0.578. The molecule has 2 rings (SSSR count). The number of benzene rings is 1. The number of hydrogen-bond donors (Lipinski definition) is 2. The minimum atomic E-state index is -4.33. The SMILES string of the molecule is Cc1nc(NCc2cccc(C(F)(F)F)c2)ccc1N. The highest BCUT2D eigenvalue weighted by molar-refractivity contribution is 5.49. The van der Waals surface area contributed by atoms with Gasteiger partial charge in [-0.25, -0.2) is 4.98 Å². The molecule has 1 heterocycles. The average molecular weight is 281 g/mol. The van der Waals surface area contributed by atoms with Gasteiger partial charge in [-0.15, -0.1) is 0 Å². The Morgan fingerprint density at radius 1 is 1.20 bits per heavy atom. The highest BCUT2D eigenvalue weighted by Gasteiger charge is 2.30. The average Bonchev–Trinajstić information content (AvgIpc) is 2.39. The first kappa shape index (κ1) is 14.2. The monoisotopic (exact) mass is 281 g/mol. The Bertz CT molecular complexity index is 609. The van der Waals surface area contributed by atoms with E-state index in [1.165, 1.54) is 6.07 Å². The summed E-state index contributed by atoms with van der Waals surface area (Å²) >= 11 is 0. The van der Waals surface area contributed by atoms with Crippen LogP contribution in [0.4, 0.5) is 24.7 Å². The van der Waals surface area contributed by atoms with Gasteiger partial charge < -0.3 is 11.1 Å². The standard InChI is InChI=1S/C14H14F3N3/c1-9-12(18)5-6-13(20-9)19-8-10-3-2-4-11(7-10)14(15,16)17/h2-7H,8,18H2,1H3,(H,19,20). The van der Waals surface area contributed by atoms with Crippen LogP contribution in [-0.4, -0.2) is 4.98 Å². The molecule has 0 aliphatic rings. The predicted molar refractivity (Wildman–Crippen MR) is 72.2 cm³/mol. The smallest absolute Gasteiger partial charge is 0.397 e. The molecule has 2 aromatic rings. The molecule has 0 saturated carbocycles. The normalized spacial score (nSPS) is 11.4. The molecule has 20 heavy (non-hydrogen) atoms. The van der Waals surface area contributed by atoms with E-state index in [2.05, 4.69) is 10.3 Å². The van der Waals surface area contributed by atoms with Gasteiger partial charge in [0.2, 0.25) is 0 Å². The van der Waals surface area contributed by atoms with Crippen LogP contribution in [0.2, 0.25) is 0 Å². The van der Waals surface area contributed by atoms with Crippen molar-refractivity contribution in [2.45, 2.75) is 19.6 Å². The molecule has 0 radical (unpaired) electrons. The van der Waals surface area contributed by atoms with Crippen molar-refractivity contribution in [3.63, 3.8) is 0 Å². The Balaban J connectivity index is 2.09. The summed E-state index contributed by atoms with van der Waals surface area (Å²) in [5, 5.41) is 2.97. The summed E-state index contributed by atoms with van der Waals surface area (Å²) in [7, 11) is 0. The zero-order chi connectivity index (χ0) is 14.8. The molecule has 1 aromatic carbocycles. The summed E-state index contributed by atoms with van der Waals surface area (Å²) in [4.78, 5) is 4.20. The molecule has 106 valence electrons. The minimum absolute atomic E-state index is 0.264. The van der Waals surface area contributed by atoms with E-state index in [4.69, 9.17) is 5.73 Å². The Labute approximate surface area is 114 Å². The van der Waals surface area contributed by atoms with Crippen LogP contribution < -0.4 is 11.1 Å². The fourth-order valence-corrected chi connectivity index (χ4v) is 1.72. The van der Waals surface area contributed by atoms with Crippen LogP contribution in [0.25, 0.3) is 0 Å². The van der Waals surface area contributed by atoms with Gasteiger partial charge in [0.05, 0.1) is 16.9 Å². The van der Waals surface area contributed by atoms with E-state index in [0.717, 1.165) is 12.1 Å². The minimum Gasteiger partial charge on any atom is -0.397 e. The lowest BCUT2D eigenvalue weighted by atomic mass is 10.1. The second-order valence-corrected chi connectivity index (χ2v) is 4.42. The molecule has 6 heteroatoms. The van der Waals surface area contributed by atoms with Gasteiger partial charge in [0.25, 0.3) is 0 Å². The Morgan fingerprint density at radius 3 is 2.60 bits per heavy atom. The zero-order valence-electron chi connectivity index (χ0n) is 10.8. The fourth-order valence-electron chi connectivity index (χ4n) is 1.72. The van der Waals surface area contributed by atoms with Gasteiger partial charge in [-0.1, -0.05) is 12.1 Å². The molecule has 0 amide bonds. The number of rotatable bonds is 3. The maximum Gasteiger partial charge on any atom is 0.416 e. The van der Waals surface area contributed by atoms with Crippen molar-refractivity contribution in [3.8, 4) is 0 Å². The van der Waals surface area contributed by atoms with Gasteiger partial charge in [-0.3, -0.25) is 0 Å². The predicted octanol–water partition coefficient (Wildman–Crippen LogP) is 3.60. The highest BCUT2D eigenvalue weighted by atomic mass is 19.4. The second kappa shape index (κ2) is 5.40. The Hall–Kier alpha value is -2.24. The molecular formula is C14H14F3N3. The van der Waals surface area contributed by atoms with Gasteiger partial charge in [-0.2, -0.15) is 13.2 Å². The number of aromatic nitrogens is 1. The van der Waals surface area contributed by atoms with Crippen molar-refractivity contribution in [2.75, 3.05) is 11.1 Å². The molecule has 0 bridgehead atoms. The number of pyridine rings is 1. The van der Waals surface area contributed by atoms with Gasteiger partial charge >= 0.3 is 6.18 Å². The topological polar surface area (TPSA) is 50.9 Å². The van der Waals surface area contributed by atoms with Crippen molar-refractivity contribution in [3.05, 3.63) is 53.2 Å². The van der Waals surface area contributed by atoms with Crippen molar-refractivity contribution in [1.82, 2.24) is 4.98 Å². The first-order valence-corrected chi connectivity index (χ1v) is 5.99. The number of nitrogen functional groups attached to an aromatic ring is 1. The van der Waals surface area contributed by atoms with E-state index in [0.29, 0.717) is 22.8 Å². The third-order valence-electron chi connectivity index (χ3n) is 2.85. The van der Waals surface area contributed by atoms with Crippen molar-refractivity contribution < 1.29 is 13.2 Å². The highest BCUT2D eigenvalue weighted by Crippen LogP contribution is 2.29. The molecule has 0 spiro atoms. The number of nitrogens with zero attached hydrogens (tertiary/aromatic N) is 1. The second-order valence-electron chi connectivity index (χ2n) is 4.42. The molecule has 3 N–H and O–H groups in total. The third kappa shape index (κ3) is 3.40. The largest absolute Gasteiger partial charge is 0.416 e. The number of hydrogen-bond acceptors (Lipinski definition) is 3. The number of aryl methyl sites for hydroxylation is 1. The number of alkyl halides is 3. The van der Waals surface area contributed by atoms with Gasteiger partial charge in [-0.05, 0) is 36.8 Å². The number of anilines is 2. The molecule has 0 fully saturated rings. The number of nitrogens with one attached hydrogen (secondary N) is 1. The summed E-state index contributed by atoms with van der Waals surface area (Å²) in [6.07, 6.45) is -4.33. The molecule has 0 aliphatic heterocycles. The van der Waals surface area contributed by atoms with Crippen LogP contribution in [-0.2, 0) is 12.7 Å². The molecule has 0 atom stereocenters. The summed E-state index contributed by atoms with van der Waals surface area (Å²) in [5.41, 5.74) is 6.79. The van der Waals surface area contributed by atoms with E-state index in [1.807, 2.05) is 0 Å². The molecule has 0 unspecified atom stereocenters.